The number of rotatable bonds is 4. The molecule has 4 nitrogen and oxygen atoms in total. The molecule has 1 aliphatic heterocycles. The van der Waals surface area contributed by atoms with Crippen LogP contribution in [0.3, 0.4) is 0 Å². The lowest BCUT2D eigenvalue weighted by Gasteiger charge is -2.39. The zero-order valence-electron chi connectivity index (χ0n) is 14.5. The number of sulfonamides is 1. The number of hydrogen-bond donors (Lipinski definition) is 0. The Morgan fingerprint density at radius 2 is 1.68 bits per heavy atom. The Labute approximate surface area is 148 Å². The smallest absolute Gasteiger partial charge is 0.218 e. The van der Waals surface area contributed by atoms with Crippen molar-refractivity contribution in [2.75, 3.05) is 26.7 Å². The number of nitrogens with zero attached hydrogens (tertiary/aromatic N) is 2. The van der Waals surface area contributed by atoms with Crippen LogP contribution in [0, 0.1) is 12.7 Å². The Hall–Kier alpha value is -1.76. The first-order valence-electron chi connectivity index (χ1n) is 8.34. The largest absolute Gasteiger partial charge is 0.297 e. The number of hydrogen-bond acceptors (Lipinski definition) is 3. The SMILES string of the molecule is Cc1ccc(CS(=O)(=O)N2CCN(C)C(c3ccc(F)cc3)C2)cc1. The molecule has 0 bridgehead atoms. The Morgan fingerprint density at radius 3 is 2.32 bits per heavy atom. The van der Waals surface area contributed by atoms with Crippen LogP contribution in [0.4, 0.5) is 4.39 Å². The molecule has 6 heteroatoms. The molecule has 3 rings (SSSR count). The maximum atomic E-state index is 13.2. The summed E-state index contributed by atoms with van der Waals surface area (Å²) < 4.78 is 40.4. The molecule has 25 heavy (non-hydrogen) atoms. The third-order valence-corrected chi connectivity index (χ3v) is 6.55. The van der Waals surface area contributed by atoms with Gasteiger partial charge >= 0.3 is 0 Å². The van der Waals surface area contributed by atoms with Crippen LogP contribution in [-0.4, -0.2) is 44.3 Å². The van der Waals surface area contributed by atoms with Crippen molar-refractivity contribution in [3.8, 4) is 0 Å². The molecule has 0 aliphatic carbocycles. The summed E-state index contributed by atoms with van der Waals surface area (Å²) in [4.78, 5) is 2.12. The highest BCUT2D eigenvalue weighted by Gasteiger charge is 2.32. The van der Waals surface area contributed by atoms with Crippen molar-refractivity contribution in [3.05, 3.63) is 71.0 Å². The fourth-order valence-electron chi connectivity index (χ4n) is 3.13. The third-order valence-electron chi connectivity index (χ3n) is 4.73. The standard InChI is InChI=1S/C19H23FN2O2S/c1-15-3-5-16(6-4-15)14-25(23,24)22-12-11-21(2)19(13-22)17-7-9-18(20)10-8-17/h3-10,19H,11-14H2,1-2H3. The van der Waals surface area contributed by atoms with Gasteiger partial charge in [-0.25, -0.2) is 12.8 Å². The van der Waals surface area contributed by atoms with Gasteiger partial charge in [0.05, 0.1) is 5.75 Å². The van der Waals surface area contributed by atoms with E-state index in [1.54, 1.807) is 16.4 Å². The molecule has 1 aliphatic rings. The van der Waals surface area contributed by atoms with E-state index in [0.29, 0.717) is 19.6 Å². The molecule has 1 fully saturated rings. The minimum atomic E-state index is -3.39. The first-order valence-corrected chi connectivity index (χ1v) is 9.95. The Balaban J connectivity index is 1.77. The van der Waals surface area contributed by atoms with Crippen molar-refractivity contribution in [1.82, 2.24) is 9.21 Å². The molecule has 1 heterocycles. The number of likely N-dealkylation sites (N-methyl/N-ethyl adjacent to an activating group) is 1. The van der Waals surface area contributed by atoms with Gasteiger partial charge in [-0.3, -0.25) is 4.90 Å². The Bertz CT molecular complexity index is 820. The summed E-state index contributed by atoms with van der Waals surface area (Å²) in [6.07, 6.45) is 0. The van der Waals surface area contributed by atoms with Crippen molar-refractivity contribution in [2.45, 2.75) is 18.7 Å². The van der Waals surface area contributed by atoms with E-state index < -0.39 is 10.0 Å². The van der Waals surface area contributed by atoms with Gasteiger partial charge in [-0.15, -0.1) is 0 Å². The minimum Gasteiger partial charge on any atom is -0.297 e. The summed E-state index contributed by atoms with van der Waals surface area (Å²) in [5, 5.41) is 0. The second-order valence-electron chi connectivity index (χ2n) is 6.65. The van der Waals surface area contributed by atoms with Gasteiger partial charge in [0.1, 0.15) is 5.82 Å². The van der Waals surface area contributed by atoms with Crippen LogP contribution in [0.25, 0.3) is 0 Å². The molecule has 2 aromatic carbocycles. The van der Waals surface area contributed by atoms with Crippen molar-refractivity contribution in [1.29, 1.82) is 0 Å². The molecular formula is C19H23FN2O2S. The molecule has 1 unspecified atom stereocenters. The maximum absolute atomic E-state index is 13.2. The average Bonchev–Trinajstić information content (AvgIpc) is 2.58. The molecule has 134 valence electrons. The molecule has 0 aromatic heterocycles. The summed E-state index contributed by atoms with van der Waals surface area (Å²) in [5.74, 6) is -0.279. The van der Waals surface area contributed by atoms with Crippen LogP contribution in [-0.2, 0) is 15.8 Å². The molecule has 0 saturated carbocycles. The Kier molecular flexibility index (Phi) is 5.22. The summed E-state index contributed by atoms with van der Waals surface area (Å²) >= 11 is 0. The second-order valence-corrected chi connectivity index (χ2v) is 8.62. The lowest BCUT2D eigenvalue weighted by molar-refractivity contribution is 0.148. The van der Waals surface area contributed by atoms with Gasteiger partial charge in [-0.05, 0) is 37.2 Å². The van der Waals surface area contributed by atoms with Gasteiger partial charge in [0.15, 0.2) is 0 Å². The molecule has 1 saturated heterocycles. The average molecular weight is 362 g/mol. The van der Waals surface area contributed by atoms with Crippen LogP contribution < -0.4 is 0 Å². The van der Waals surface area contributed by atoms with E-state index in [9.17, 15) is 12.8 Å². The normalized spacial score (nSPS) is 19.9. The summed E-state index contributed by atoms with van der Waals surface area (Å²) in [6.45, 7) is 3.49. The molecule has 0 spiro atoms. The van der Waals surface area contributed by atoms with Crippen LogP contribution in [0.5, 0.6) is 0 Å². The quantitative estimate of drug-likeness (QED) is 0.840. The summed E-state index contributed by atoms with van der Waals surface area (Å²) in [5.41, 5.74) is 2.83. The maximum Gasteiger partial charge on any atom is 0.218 e. The predicted octanol–water partition coefficient (Wildman–Crippen LogP) is 2.95. The van der Waals surface area contributed by atoms with E-state index in [2.05, 4.69) is 4.90 Å². The number of halogens is 1. The van der Waals surface area contributed by atoms with Crippen LogP contribution in [0.2, 0.25) is 0 Å². The fourth-order valence-corrected chi connectivity index (χ4v) is 4.66. The summed E-state index contributed by atoms with van der Waals surface area (Å²) in [6, 6.07) is 13.8. The van der Waals surface area contributed by atoms with E-state index in [-0.39, 0.29) is 17.6 Å². The predicted molar refractivity (Wildman–Crippen MR) is 97.1 cm³/mol. The van der Waals surface area contributed by atoms with E-state index in [1.165, 1.54) is 12.1 Å². The summed E-state index contributed by atoms with van der Waals surface area (Å²) in [7, 11) is -1.42. The lowest BCUT2D eigenvalue weighted by Crippen LogP contribution is -2.49. The fraction of sp³-hybridized carbons (Fsp3) is 0.368. The van der Waals surface area contributed by atoms with E-state index in [4.69, 9.17) is 0 Å². The van der Waals surface area contributed by atoms with Crippen molar-refractivity contribution in [3.63, 3.8) is 0 Å². The molecule has 2 aromatic rings. The number of piperazine rings is 1. The van der Waals surface area contributed by atoms with Crippen molar-refractivity contribution >= 4 is 10.0 Å². The first-order chi connectivity index (χ1) is 11.8. The molecular weight excluding hydrogens is 339 g/mol. The highest BCUT2D eigenvalue weighted by Crippen LogP contribution is 2.26. The van der Waals surface area contributed by atoms with Crippen molar-refractivity contribution < 1.29 is 12.8 Å². The van der Waals surface area contributed by atoms with Crippen molar-refractivity contribution in [2.24, 2.45) is 0 Å². The van der Waals surface area contributed by atoms with Crippen LogP contribution >= 0.6 is 0 Å². The third kappa shape index (κ3) is 4.26. The zero-order valence-corrected chi connectivity index (χ0v) is 15.3. The topological polar surface area (TPSA) is 40.6 Å². The van der Waals surface area contributed by atoms with Crippen LogP contribution in [0.1, 0.15) is 22.7 Å². The molecule has 0 radical (unpaired) electrons. The lowest BCUT2D eigenvalue weighted by atomic mass is 10.0. The van der Waals surface area contributed by atoms with Gasteiger partial charge in [0.2, 0.25) is 10.0 Å². The molecule has 1 atom stereocenters. The van der Waals surface area contributed by atoms with E-state index >= 15 is 0 Å². The first kappa shape index (κ1) is 18.0. The van der Waals surface area contributed by atoms with Crippen LogP contribution in [0.15, 0.2) is 48.5 Å². The van der Waals surface area contributed by atoms with E-state index in [1.807, 2.05) is 38.2 Å². The minimum absolute atomic E-state index is 0.00708. The monoisotopic (exact) mass is 362 g/mol. The van der Waals surface area contributed by atoms with Gasteiger partial charge in [-0.2, -0.15) is 4.31 Å². The Morgan fingerprint density at radius 1 is 1.04 bits per heavy atom. The highest BCUT2D eigenvalue weighted by molar-refractivity contribution is 7.88. The van der Waals surface area contributed by atoms with E-state index in [0.717, 1.165) is 16.7 Å². The second kappa shape index (κ2) is 7.23. The van der Waals surface area contributed by atoms with Gasteiger partial charge in [0, 0.05) is 25.7 Å². The highest BCUT2D eigenvalue weighted by atomic mass is 32.2. The number of aryl methyl sites for hydroxylation is 1. The number of benzene rings is 2. The molecule has 0 amide bonds. The van der Waals surface area contributed by atoms with Gasteiger partial charge < -0.3 is 0 Å². The molecule has 0 N–H and O–H groups in total. The van der Waals surface area contributed by atoms with Gasteiger partial charge in [0.25, 0.3) is 0 Å². The van der Waals surface area contributed by atoms with Gasteiger partial charge in [-0.1, -0.05) is 42.0 Å². The zero-order chi connectivity index (χ0) is 18.0.